The monoisotopic (exact) mass is 181 g/mol. The summed E-state index contributed by atoms with van der Waals surface area (Å²) in [6.07, 6.45) is 2.98. The van der Waals surface area contributed by atoms with Crippen LogP contribution in [0.2, 0.25) is 0 Å². The number of H-pyrrole nitrogens is 1. The standard InChI is InChI=1S/C8H8FN3O/c1-4-2-13-3-5(4)7-6(9)8(10)12-11-7/h2-3H,1H3,(H3,10,11,12). The molecule has 0 saturated heterocycles. The Hall–Kier alpha value is -1.78. The van der Waals surface area contributed by atoms with Crippen LogP contribution in [0.4, 0.5) is 10.2 Å². The van der Waals surface area contributed by atoms with Gasteiger partial charge in [-0.15, -0.1) is 0 Å². The summed E-state index contributed by atoms with van der Waals surface area (Å²) in [7, 11) is 0. The van der Waals surface area contributed by atoms with Crippen molar-refractivity contribution in [3.05, 3.63) is 23.9 Å². The molecule has 0 aliphatic carbocycles. The number of rotatable bonds is 1. The highest BCUT2D eigenvalue weighted by molar-refractivity contribution is 5.65. The highest BCUT2D eigenvalue weighted by Crippen LogP contribution is 2.26. The van der Waals surface area contributed by atoms with E-state index < -0.39 is 5.82 Å². The Bertz CT molecular complexity index is 432. The van der Waals surface area contributed by atoms with Crippen LogP contribution in [0.25, 0.3) is 11.3 Å². The van der Waals surface area contributed by atoms with Gasteiger partial charge >= 0.3 is 0 Å². The number of nitrogen functional groups attached to an aromatic ring is 1. The number of furan rings is 1. The molecule has 3 N–H and O–H groups in total. The Balaban J connectivity index is 2.59. The third-order valence-corrected chi connectivity index (χ3v) is 1.86. The van der Waals surface area contributed by atoms with Crippen molar-refractivity contribution in [1.82, 2.24) is 10.2 Å². The highest BCUT2D eigenvalue weighted by atomic mass is 19.1. The molecule has 2 rings (SSSR count). The van der Waals surface area contributed by atoms with Crippen LogP contribution in [0.15, 0.2) is 16.9 Å². The first-order chi connectivity index (χ1) is 6.20. The maximum atomic E-state index is 13.2. The van der Waals surface area contributed by atoms with E-state index in [-0.39, 0.29) is 11.5 Å². The van der Waals surface area contributed by atoms with E-state index in [1.165, 1.54) is 12.5 Å². The van der Waals surface area contributed by atoms with Gasteiger partial charge in [0.05, 0.1) is 12.5 Å². The van der Waals surface area contributed by atoms with Gasteiger partial charge in [0.2, 0.25) is 0 Å². The average molecular weight is 181 g/mol. The number of nitrogens with two attached hydrogens (primary N) is 1. The van der Waals surface area contributed by atoms with Crippen molar-refractivity contribution < 1.29 is 8.81 Å². The number of nitrogens with zero attached hydrogens (tertiary/aromatic N) is 1. The first kappa shape index (κ1) is 7.85. The molecule has 68 valence electrons. The van der Waals surface area contributed by atoms with Crippen molar-refractivity contribution in [3.8, 4) is 11.3 Å². The molecule has 0 saturated carbocycles. The van der Waals surface area contributed by atoms with Gasteiger partial charge in [0.25, 0.3) is 0 Å². The number of anilines is 1. The fraction of sp³-hybridized carbons (Fsp3) is 0.125. The molecule has 0 atom stereocenters. The highest BCUT2D eigenvalue weighted by Gasteiger charge is 2.14. The summed E-state index contributed by atoms with van der Waals surface area (Å²) in [6.45, 7) is 1.81. The predicted molar refractivity (Wildman–Crippen MR) is 45.4 cm³/mol. The zero-order chi connectivity index (χ0) is 9.42. The van der Waals surface area contributed by atoms with Crippen LogP contribution in [0.1, 0.15) is 5.56 Å². The molecule has 2 heterocycles. The van der Waals surface area contributed by atoms with Crippen LogP contribution in [0.5, 0.6) is 0 Å². The fourth-order valence-corrected chi connectivity index (χ4v) is 1.14. The molecule has 0 bridgehead atoms. The molecule has 0 unspecified atom stereocenters. The topological polar surface area (TPSA) is 67.8 Å². The summed E-state index contributed by atoms with van der Waals surface area (Å²) in [5.74, 6) is -0.667. The normalized spacial score (nSPS) is 10.6. The van der Waals surface area contributed by atoms with Crippen LogP contribution < -0.4 is 5.73 Å². The molecule has 0 fully saturated rings. The number of aryl methyl sites for hydroxylation is 1. The van der Waals surface area contributed by atoms with Gasteiger partial charge in [0.15, 0.2) is 11.6 Å². The molecule has 2 aromatic rings. The number of nitrogens with one attached hydrogen (secondary N) is 1. The molecule has 0 radical (unpaired) electrons. The predicted octanol–water partition coefficient (Wildman–Crippen LogP) is 1.70. The lowest BCUT2D eigenvalue weighted by Gasteiger charge is -1.92. The van der Waals surface area contributed by atoms with Crippen molar-refractivity contribution in [2.45, 2.75) is 6.92 Å². The van der Waals surface area contributed by atoms with Crippen LogP contribution in [0, 0.1) is 12.7 Å². The summed E-state index contributed by atoms with van der Waals surface area (Å²) < 4.78 is 18.2. The third kappa shape index (κ3) is 1.09. The summed E-state index contributed by atoms with van der Waals surface area (Å²) in [5, 5.41) is 6.06. The Labute approximate surface area is 73.6 Å². The molecule has 2 aromatic heterocycles. The molecule has 4 nitrogen and oxygen atoms in total. The maximum absolute atomic E-state index is 13.2. The largest absolute Gasteiger partial charge is 0.472 e. The zero-order valence-electron chi connectivity index (χ0n) is 6.97. The molecule has 0 spiro atoms. The van der Waals surface area contributed by atoms with E-state index >= 15 is 0 Å². The van der Waals surface area contributed by atoms with E-state index in [0.717, 1.165) is 5.56 Å². The lowest BCUT2D eigenvalue weighted by atomic mass is 10.1. The van der Waals surface area contributed by atoms with Gasteiger partial charge in [-0.25, -0.2) is 4.39 Å². The van der Waals surface area contributed by atoms with Gasteiger partial charge in [0.1, 0.15) is 5.69 Å². The second kappa shape index (κ2) is 2.62. The number of halogens is 1. The first-order valence-corrected chi connectivity index (χ1v) is 3.72. The summed E-state index contributed by atoms with van der Waals surface area (Å²) in [6, 6.07) is 0. The van der Waals surface area contributed by atoms with Crippen molar-refractivity contribution in [2.75, 3.05) is 5.73 Å². The van der Waals surface area contributed by atoms with Crippen LogP contribution in [-0.2, 0) is 0 Å². The van der Waals surface area contributed by atoms with E-state index in [1.807, 2.05) is 6.92 Å². The molecule has 5 heteroatoms. The van der Waals surface area contributed by atoms with Crippen molar-refractivity contribution in [2.24, 2.45) is 0 Å². The lowest BCUT2D eigenvalue weighted by Crippen LogP contribution is -1.87. The number of hydrogen-bond donors (Lipinski definition) is 2. The lowest BCUT2D eigenvalue weighted by molar-refractivity contribution is 0.565. The van der Waals surface area contributed by atoms with Gasteiger partial charge in [-0.3, -0.25) is 5.10 Å². The maximum Gasteiger partial charge on any atom is 0.192 e. The van der Waals surface area contributed by atoms with E-state index in [2.05, 4.69) is 10.2 Å². The minimum atomic E-state index is -0.537. The molecular weight excluding hydrogens is 173 g/mol. The summed E-state index contributed by atoms with van der Waals surface area (Å²) in [5.41, 5.74) is 6.99. The van der Waals surface area contributed by atoms with Gasteiger partial charge in [-0.2, -0.15) is 5.10 Å². The van der Waals surface area contributed by atoms with Crippen LogP contribution >= 0.6 is 0 Å². The van der Waals surface area contributed by atoms with Gasteiger partial charge in [-0.05, 0) is 12.5 Å². The molecule has 0 aliphatic heterocycles. The Morgan fingerprint density at radius 3 is 2.77 bits per heavy atom. The van der Waals surface area contributed by atoms with Gasteiger partial charge in [0, 0.05) is 5.56 Å². The Kier molecular flexibility index (Phi) is 1.58. The van der Waals surface area contributed by atoms with Crippen molar-refractivity contribution in [1.29, 1.82) is 0 Å². The number of hydrogen-bond acceptors (Lipinski definition) is 3. The van der Waals surface area contributed by atoms with Crippen molar-refractivity contribution in [3.63, 3.8) is 0 Å². The summed E-state index contributed by atoms with van der Waals surface area (Å²) in [4.78, 5) is 0. The van der Waals surface area contributed by atoms with E-state index in [9.17, 15) is 4.39 Å². The molecule has 0 amide bonds. The van der Waals surface area contributed by atoms with E-state index in [0.29, 0.717) is 5.56 Å². The molecule has 13 heavy (non-hydrogen) atoms. The average Bonchev–Trinajstić information content (AvgIpc) is 2.62. The van der Waals surface area contributed by atoms with E-state index in [1.54, 1.807) is 0 Å². The second-order valence-electron chi connectivity index (χ2n) is 2.77. The SMILES string of the molecule is Cc1cocc1-c1[nH]nc(N)c1F. The first-order valence-electron chi connectivity index (χ1n) is 3.72. The Morgan fingerprint density at radius 2 is 2.31 bits per heavy atom. The van der Waals surface area contributed by atoms with Crippen LogP contribution in [0.3, 0.4) is 0 Å². The zero-order valence-corrected chi connectivity index (χ0v) is 6.97. The summed E-state index contributed by atoms with van der Waals surface area (Å²) >= 11 is 0. The van der Waals surface area contributed by atoms with Crippen LogP contribution in [-0.4, -0.2) is 10.2 Å². The van der Waals surface area contributed by atoms with Crippen molar-refractivity contribution >= 4 is 5.82 Å². The molecular formula is C8H8FN3O. The second-order valence-corrected chi connectivity index (χ2v) is 2.77. The Morgan fingerprint density at radius 1 is 1.54 bits per heavy atom. The number of aromatic amines is 1. The third-order valence-electron chi connectivity index (χ3n) is 1.86. The minimum Gasteiger partial charge on any atom is -0.472 e. The molecule has 0 aromatic carbocycles. The molecule has 0 aliphatic rings. The smallest absolute Gasteiger partial charge is 0.192 e. The van der Waals surface area contributed by atoms with Gasteiger partial charge in [-0.1, -0.05) is 0 Å². The minimum absolute atomic E-state index is 0.129. The van der Waals surface area contributed by atoms with Gasteiger partial charge < -0.3 is 10.2 Å². The number of aromatic nitrogens is 2. The van der Waals surface area contributed by atoms with E-state index in [4.69, 9.17) is 10.2 Å². The fourth-order valence-electron chi connectivity index (χ4n) is 1.14. The quantitative estimate of drug-likeness (QED) is 0.703.